The SMILES string of the molecule is CNc1ncc(Br)c(Nc2ccc(C)cc2F)n1. The Morgan fingerprint density at radius 2 is 2.11 bits per heavy atom. The molecule has 2 rings (SSSR count). The Kier molecular flexibility index (Phi) is 3.76. The van der Waals surface area contributed by atoms with Crippen LogP contribution in [0.4, 0.5) is 21.8 Å². The molecule has 2 N–H and O–H groups in total. The van der Waals surface area contributed by atoms with Gasteiger partial charge in [-0.15, -0.1) is 0 Å². The van der Waals surface area contributed by atoms with Crippen LogP contribution in [0, 0.1) is 12.7 Å². The first-order valence-corrected chi connectivity index (χ1v) is 6.13. The first kappa shape index (κ1) is 12.8. The topological polar surface area (TPSA) is 49.8 Å². The van der Waals surface area contributed by atoms with Gasteiger partial charge in [0.25, 0.3) is 0 Å². The summed E-state index contributed by atoms with van der Waals surface area (Å²) in [7, 11) is 1.72. The molecule has 4 nitrogen and oxygen atoms in total. The highest BCUT2D eigenvalue weighted by Gasteiger charge is 2.08. The van der Waals surface area contributed by atoms with Gasteiger partial charge in [-0.1, -0.05) is 6.07 Å². The molecular weight excluding hydrogens is 299 g/mol. The lowest BCUT2D eigenvalue weighted by Gasteiger charge is -2.10. The molecule has 0 radical (unpaired) electrons. The van der Waals surface area contributed by atoms with Crippen LogP contribution in [0.5, 0.6) is 0 Å². The lowest BCUT2D eigenvalue weighted by atomic mass is 10.2. The summed E-state index contributed by atoms with van der Waals surface area (Å²) in [5, 5.41) is 5.76. The molecular formula is C12H12BrFN4. The fraction of sp³-hybridized carbons (Fsp3) is 0.167. The standard InChI is InChI=1S/C12H12BrFN4/c1-7-3-4-10(9(14)5-7)17-11-8(13)6-16-12(15-2)18-11/h3-6H,1-2H3,(H2,15,16,17,18). The van der Waals surface area contributed by atoms with E-state index in [1.54, 1.807) is 19.3 Å². The second-order valence-electron chi connectivity index (χ2n) is 3.75. The molecule has 0 aliphatic heterocycles. The predicted octanol–water partition coefficient (Wildman–Crippen LogP) is 3.47. The van der Waals surface area contributed by atoms with Gasteiger partial charge in [-0.25, -0.2) is 9.37 Å². The minimum Gasteiger partial charge on any atom is -0.357 e. The van der Waals surface area contributed by atoms with Crippen LogP contribution in [0.1, 0.15) is 5.56 Å². The zero-order chi connectivity index (χ0) is 13.1. The molecule has 0 unspecified atom stereocenters. The molecule has 0 fully saturated rings. The van der Waals surface area contributed by atoms with Crippen LogP contribution < -0.4 is 10.6 Å². The molecule has 2 aromatic rings. The highest BCUT2D eigenvalue weighted by atomic mass is 79.9. The van der Waals surface area contributed by atoms with Gasteiger partial charge in [-0.05, 0) is 40.5 Å². The van der Waals surface area contributed by atoms with Gasteiger partial charge in [0, 0.05) is 13.2 Å². The Hall–Kier alpha value is -1.69. The van der Waals surface area contributed by atoms with E-state index in [-0.39, 0.29) is 5.82 Å². The monoisotopic (exact) mass is 310 g/mol. The molecule has 0 aliphatic rings. The second kappa shape index (κ2) is 5.30. The predicted molar refractivity (Wildman–Crippen MR) is 73.7 cm³/mol. The number of nitrogens with zero attached hydrogens (tertiary/aromatic N) is 2. The van der Waals surface area contributed by atoms with E-state index in [9.17, 15) is 4.39 Å². The van der Waals surface area contributed by atoms with Crippen molar-refractivity contribution in [2.45, 2.75) is 6.92 Å². The van der Waals surface area contributed by atoms with Crippen molar-refractivity contribution >= 4 is 33.4 Å². The summed E-state index contributed by atoms with van der Waals surface area (Å²) < 4.78 is 14.4. The molecule has 18 heavy (non-hydrogen) atoms. The van der Waals surface area contributed by atoms with Crippen molar-refractivity contribution in [3.8, 4) is 0 Å². The molecule has 94 valence electrons. The Morgan fingerprint density at radius 3 is 2.78 bits per heavy atom. The molecule has 0 atom stereocenters. The van der Waals surface area contributed by atoms with Crippen LogP contribution in [-0.4, -0.2) is 17.0 Å². The van der Waals surface area contributed by atoms with Crippen LogP contribution in [0.15, 0.2) is 28.9 Å². The van der Waals surface area contributed by atoms with Crippen molar-refractivity contribution in [1.82, 2.24) is 9.97 Å². The number of benzene rings is 1. The Bertz CT molecular complexity index is 574. The lowest BCUT2D eigenvalue weighted by Crippen LogP contribution is -2.02. The molecule has 0 bridgehead atoms. The van der Waals surface area contributed by atoms with Gasteiger partial charge in [-0.3, -0.25) is 0 Å². The maximum atomic E-state index is 13.7. The number of rotatable bonds is 3. The lowest BCUT2D eigenvalue weighted by molar-refractivity contribution is 0.630. The van der Waals surface area contributed by atoms with Gasteiger partial charge in [-0.2, -0.15) is 4.98 Å². The molecule has 1 aromatic heterocycles. The van der Waals surface area contributed by atoms with Crippen LogP contribution in [0.2, 0.25) is 0 Å². The normalized spacial score (nSPS) is 10.2. The first-order chi connectivity index (χ1) is 8.60. The van der Waals surface area contributed by atoms with E-state index < -0.39 is 0 Å². The van der Waals surface area contributed by atoms with Crippen molar-refractivity contribution in [3.05, 3.63) is 40.2 Å². The van der Waals surface area contributed by atoms with Crippen LogP contribution in [0.25, 0.3) is 0 Å². The summed E-state index contributed by atoms with van der Waals surface area (Å²) >= 11 is 3.32. The van der Waals surface area contributed by atoms with Crippen molar-refractivity contribution < 1.29 is 4.39 Å². The summed E-state index contributed by atoms with van der Waals surface area (Å²) in [6, 6.07) is 4.98. The molecule has 0 saturated carbocycles. The fourth-order valence-electron chi connectivity index (χ4n) is 1.42. The largest absolute Gasteiger partial charge is 0.357 e. The fourth-order valence-corrected chi connectivity index (χ4v) is 1.71. The van der Waals surface area contributed by atoms with E-state index in [0.717, 1.165) is 5.56 Å². The highest BCUT2D eigenvalue weighted by molar-refractivity contribution is 9.10. The van der Waals surface area contributed by atoms with Gasteiger partial charge in [0.2, 0.25) is 5.95 Å². The number of hydrogen-bond donors (Lipinski definition) is 2. The summed E-state index contributed by atoms with van der Waals surface area (Å²) in [5.41, 5.74) is 1.25. The Balaban J connectivity index is 2.33. The number of aromatic nitrogens is 2. The first-order valence-electron chi connectivity index (χ1n) is 5.33. The third-order valence-corrected chi connectivity index (χ3v) is 2.93. The van der Waals surface area contributed by atoms with E-state index in [4.69, 9.17) is 0 Å². The van der Waals surface area contributed by atoms with Crippen molar-refractivity contribution in [2.75, 3.05) is 17.7 Å². The van der Waals surface area contributed by atoms with E-state index in [2.05, 4.69) is 36.5 Å². The molecule has 1 aromatic carbocycles. The maximum absolute atomic E-state index is 13.7. The number of hydrogen-bond acceptors (Lipinski definition) is 4. The minimum atomic E-state index is -0.313. The quantitative estimate of drug-likeness (QED) is 0.911. The number of halogens is 2. The minimum absolute atomic E-state index is 0.313. The van der Waals surface area contributed by atoms with Gasteiger partial charge >= 0.3 is 0 Å². The van der Waals surface area contributed by atoms with E-state index in [1.165, 1.54) is 6.07 Å². The number of nitrogens with one attached hydrogen (secondary N) is 2. The smallest absolute Gasteiger partial charge is 0.224 e. The van der Waals surface area contributed by atoms with Crippen LogP contribution in [-0.2, 0) is 0 Å². The van der Waals surface area contributed by atoms with E-state index >= 15 is 0 Å². The molecule has 0 saturated heterocycles. The van der Waals surface area contributed by atoms with Gasteiger partial charge in [0.05, 0.1) is 10.2 Å². The summed E-state index contributed by atoms with van der Waals surface area (Å²) in [5.74, 6) is 0.664. The average molecular weight is 311 g/mol. The van der Waals surface area contributed by atoms with Crippen LogP contribution >= 0.6 is 15.9 Å². The van der Waals surface area contributed by atoms with E-state index in [0.29, 0.717) is 21.9 Å². The number of aryl methyl sites for hydroxylation is 1. The molecule has 0 spiro atoms. The Morgan fingerprint density at radius 1 is 1.33 bits per heavy atom. The third-order valence-electron chi connectivity index (χ3n) is 2.35. The Labute approximate surface area is 113 Å². The summed E-state index contributed by atoms with van der Waals surface area (Å²) in [4.78, 5) is 8.24. The average Bonchev–Trinajstić information content (AvgIpc) is 2.35. The second-order valence-corrected chi connectivity index (χ2v) is 4.60. The third kappa shape index (κ3) is 2.76. The zero-order valence-electron chi connectivity index (χ0n) is 9.96. The number of anilines is 3. The molecule has 6 heteroatoms. The van der Waals surface area contributed by atoms with Crippen molar-refractivity contribution in [3.63, 3.8) is 0 Å². The van der Waals surface area contributed by atoms with Crippen LogP contribution in [0.3, 0.4) is 0 Å². The summed E-state index contributed by atoms with van der Waals surface area (Å²) in [6.45, 7) is 1.84. The molecule has 0 aliphatic carbocycles. The molecule has 0 amide bonds. The van der Waals surface area contributed by atoms with E-state index in [1.807, 2.05) is 13.0 Å². The van der Waals surface area contributed by atoms with Gasteiger partial charge < -0.3 is 10.6 Å². The van der Waals surface area contributed by atoms with Crippen molar-refractivity contribution in [1.29, 1.82) is 0 Å². The maximum Gasteiger partial charge on any atom is 0.224 e. The van der Waals surface area contributed by atoms with Gasteiger partial charge in [0.15, 0.2) is 0 Å². The summed E-state index contributed by atoms with van der Waals surface area (Å²) in [6.07, 6.45) is 1.60. The van der Waals surface area contributed by atoms with Gasteiger partial charge in [0.1, 0.15) is 11.6 Å². The van der Waals surface area contributed by atoms with Crippen molar-refractivity contribution in [2.24, 2.45) is 0 Å². The molecule has 1 heterocycles. The highest BCUT2D eigenvalue weighted by Crippen LogP contribution is 2.25. The zero-order valence-corrected chi connectivity index (χ0v) is 11.5.